The van der Waals surface area contributed by atoms with Gasteiger partial charge in [-0.15, -0.1) is 6.58 Å². The van der Waals surface area contributed by atoms with Gasteiger partial charge in [0.25, 0.3) is 0 Å². The second kappa shape index (κ2) is 11.6. The molecule has 6 nitrogen and oxygen atoms in total. The molecule has 0 aliphatic carbocycles. The molecule has 6 heteroatoms. The van der Waals surface area contributed by atoms with Gasteiger partial charge in [0, 0.05) is 46.0 Å². The predicted octanol–water partition coefficient (Wildman–Crippen LogP) is 3.26. The number of hydrogen-bond acceptors (Lipinski definition) is 4. The third kappa shape index (κ3) is 6.16. The van der Waals surface area contributed by atoms with Gasteiger partial charge >= 0.3 is 0 Å². The molecule has 1 N–H and O–H groups in total. The van der Waals surface area contributed by atoms with Crippen molar-refractivity contribution in [2.45, 2.75) is 32.2 Å². The van der Waals surface area contributed by atoms with Crippen molar-refractivity contribution in [3.8, 4) is 11.5 Å². The highest BCUT2D eigenvalue weighted by Crippen LogP contribution is 2.33. The van der Waals surface area contributed by atoms with E-state index in [-0.39, 0.29) is 0 Å². The van der Waals surface area contributed by atoms with Crippen LogP contribution in [-0.4, -0.2) is 58.9 Å². The van der Waals surface area contributed by atoms with Crippen LogP contribution in [0.4, 0.5) is 0 Å². The molecule has 0 spiro atoms. The fraction of sp³-hybridized carbons (Fsp3) is 0.591. The van der Waals surface area contributed by atoms with E-state index >= 15 is 0 Å². The fourth-order valence-electron chi connectivity index (χ4n) is 3.60. The third-order valence-electron chi connectivity index (χ3n) is 5.22. The number of rotatable bonds is 9. The molecule has 1 heterocycles. The highest BCUT2D eigenvalue weighted by molar-refractivity contribution is 5.79. The van der Waals surface area contributed by atoms with Gasteiger partial charge in [0.2, 0.25) is 0 Å². The van der Waals surface area contributed by atoms with Crippen molar-refractivity contribution in [2.24, 2.45) is 10.9 Å². The maximum atomic E-state index is 5.52. The molecule has 1 aromatic carbocycles. The summed E-state index contributed by atoms with van der Waals surface area (Å²) in [6, 6.07) is 4.14. The summed E-state index contributed by atoms with van der Waals surface area (Å²) in [5.41, 5.74) is 2.19. The van der Waals surface area contributed by atoms with Crippen molar-refractivity contribution >= 4 is 5.96 Å². The number of nitrogens with one attached hydrogen (secondary N) is 1. The molecule has 1 saturated heterocycles. The zero-order chi connectivity index (χ0) is 20.4. The second-order valence-corrected chi connectivity index (χ2v) is 7.15. The third-order valence-corrected chi connectivity index (χ3v) is 5.22. The van der Waals surface area contributed by atoms with E-state index in [0.717, 1.165) is 73.5 Å². The lowest BCUT2D eigenvalue weighted by atomic mass is 9.96. The lowest BCUT2D eigenvalue weighted by Gasteiger charge is -2.27. The van der Waals surface area contributed by atoms with E-state index in [1.807, 2.05) is 19.2 Å². The minimum atomic E-state index is 0.665. The lowest BCUT2D eigenvalue weighted by Crippen LogP contribution is -2.39. The van der Waals surface area contributed by atoms with Gasteiger partial charge in [0.05, 0.1) is 14.2 Å². The van der Waals surface area contributed by atoms with Gasteiger partial charge in [0.15, 0.2) is 17.5 Å². The van der Waals surface area contributed by atoms with E-state index in [1.54, 1.807) is 14.2 Å². The number of benzene rings is 1. The molecule has 0 amide bonds. The molecule has 0 unspecified atom stereocenters. The van der Waals surface area contributed by atoms with E-state index in [2.05, 4.69) is 34.9 Å². The Morgan fingerprint density at radius 1 is 1.32 bits per heavy atom. The quantitative estimate of drug-likeness (QED) is 0.399. The first-order chi connectivity index (χ1) is 13.6. The number of hydrogen-bond donors (Lipinski definition) is 1. The predicted molar refractivity (Wildman–Crippen MR) is 114 cm³/mol. The van der Waals surface area contributed by atoms with E-state index < -0.39 is 0 Å². The molecule has 1 aliphatic rings. The van der Waals surface area contributed by atoms with Crippen LogP contribution in [0.15, 0.2) is 29.8 Å². The Hall–Kier alpha value is -2.21. The number of nitrogens with zero attached hydrogens (tertiary/aromatic N) is 2. The Bertz CT molecular complexity index is 655. The Balaban J connectivity index is 1.97. The molecule has 156 valence electrons. The van der Waals surface area contributed by atoms with Gasteiger partial charge in [-0.2, -0.15) is 0 Å². The minimum absolute atomic E-state index is 0.665. The largest absolute Gasteiger partial charge is 0.493 e. The highest BCUT2D eigenvalue weighted by Gasteiger charge is 2.16. The Labute approximate surface area is 169 Å². The highest BCUT2D eigenvalue weighted by atomic mass is 16.5. The van der Waals surface area contributed by atoms with Crippen molar-refractivity contribution in [3.05, 3.63) is 35.9 Å². The minimum Gasteiger partial charge on any atom is -0.493 e. The Morgan fingerprint density at radius 2 is 2.07 bits per heavy atom. The van der Waals surface area contributed by atoms with Crippen LogP contribution in [0.1, 0.15) is 30.4 Å². The van der Waals surface area contributed by atoms with E-state index in [9.17, 15) is 0 Å². The number of aliphatic imine (C=N–C) groups is 1. The Kier molecular flexibility index (Phi) is 9.14. The summed E-state index contributed by atoms with van der Waals surface area (Å²) >= 11 is 0. The molecule has 1 aromatic rings. The summed E-state index contributed by atoms with van der Waals surface area (Å²) in [6.45, 7) is 7.28. The summed E-state index contributed by atoms with van der Waals surface area (Å²) in [5.74, 6) is 3.15. The van der Waals surface area contributed by atoms with Crippen LogP contribution in [0.5, 0.6) is 11.5 Å². The van der Waals surface area contributed by atoms with Crippen molar-refractivity contribution in [1.29, 1.82) is 0 Å². The van der Waals surface area contributed by atoms with Gasteiger partial charge in [0.1, 0.15) is 0 Å². The molecule has 0 saturated carbocycles. The normalized spacial score (nSPS) is 15.2. The summed E-state index contributed by atoms with van der Waals surface area (Å²) in [5, 5.41) is 3.46. The van der Waals surface area contributed by atoms with Crippen molar-refractivity contribution in [3.63, 3.8) is 0 Å². The van der Waals surface area contributed by atoms with Crippen LogP contribution in [0.2, 0.25) is 0 Å². The standard InChI is InChI=1S/C22H35N3O3/c1-6-7-19-14-18(15-20(26-4)21(19)27-5)16-24-22(23-2)25(3)11-8-17-9-12-28-13-10-17/h6,14-15,17H,1,7-13,16H2,2-5H3,(H,23,24). The molecule has 2 rings (SSSR count). The average molecular weight is 390 g/mol. The molecule has 1 aliphatic heterocycles. The second-order valence-electron chi connectivity index (χ2n) is 7.15. The van der Waals surface area contributed by atoms with Gasteiger partial charge in [-0.1, -0.05) is 6.08 Å². The van der Waals surface area contributed by atoms with Crippen molar-refractivity contribution < 1.29 is 14.2 Å². The smallest absolute Gasteiger partial charge is 0.193 e. The molecule has 1 fully saturated rings. The van der Waals surface area contributed by atoms with Crippen LogP contribution in [-0.2, 0) is 17.7 Å². The van der Waals surface area contributed by atoms with Crippen molar-refractivity contribution in [1.82, 2.24) is 10.2 Å². The van der Waals surface area contributed by atoms with E-state index in [0.29, 0.717) is 6.54 Å². The zero-order valence-corrected chi connectivity index (χ0v) is 17.8. The molecule has 0 aromatic heterocycles. The van der Waals surface area contributed by atoms with Crippen LogP contribution in [0.25, 0.3) is 0 Å². The van der Waals surface area contributed by atoms with E-state index in [1.165, 1.54) is 6.42 Å². The molecule has 0 radical (unpaired) electrons. The Morgan fingerprint density at radius 3 is 2.68 bits per heavy atom. The van der Waals surface area contributed by atoms with Crippen LogP contribution in [0, 0.1) is 5.92 Å². The number of ether oxygens (including phenoxy) is 3. The summed E-state index contributed by atoms with van der Waals surface area (Å²) < 4.78 is 16.5. The van der Waals surface area contributed by atoms with Gasteiger partial charge < -0.3 is 24.4 Å². The monoisotopic (exact) mass is 389 g/mol. The van der Waals surface area contributed by atoms with Crippen molar-refractivity contribution in [2.75, 3.05) is 48.1 Å². The van der Waals surface area contributed by atoms with Gasteiger partial charge in [-0.25, -0.2) is 0 Å². The fourth-order valence-corrected chi connectivity index (χ4v) is 3.60. The van der Waals surface area contributed by atoms with E-state index in [4.69, 9.17) is 14.2 Å². The lowest BCUT2D eigenvalue weighted by molar-refractivity contribution is 0.0625. The number of methoxy groups -OCH3 is 2. The first-order valence-corrected chi connectivity index (χ1v) is 9.97. The zero-order valence-electron chi connectivity index (χ0n) is 17.8. The van der Waals surface area contributed by atoms with Crippen LogP contribution < -0.4 is 14.8 Å². The topological polar surface area (TPSA) is 55.3 Å². The summed E-state index contributed by atoms with van der Waals surface area (Å²) in [4.78, 5) is 6.63. The molecular weight excluding hydrogens is 354 g/mol. The maximum Gasteiger partial charge on any atom is 0.193 e. The summed E-state index contributed by atoms with van der Waals surface area (Å²) in [6.07, 6.45) is 6.10. The average Bonchev–Trinajstić information content (AvgIpc) is 2.73. The van der Waals surface area contributed by atoms with Crippen LogP contribution >= 0.6 is 0 Å². The maximum absolute atomic E-state index is 5.52. The van der Waals surface area contributed by atoms with Gasteiger partial charge in [-0.05, 0) is 49.3 Å². The SMILES string of the molecule is C=CCc1cc(CNC(=NC)N(C)CCC2CCOCC2)cc(OC)c1OC. The first-order valence-electron chi connectivity index (χ1n) is 9.97. The summed E-state index contributed by atoms with van der Waals surface area (Å²) in [7, 11) is 7.24. The number of guanidine groups is 1. The molecule has 0 bridgehead atoms. The molecular formula is C22H35N3O3. The number of allylic oxidation sites excluding steroid dienone is 1. The first kappa shape index (κ1) is 22.1. The molecule has 0 atom stereocenters. The van der Waals surface area contributed by atoms with Gasteiger partial charge in [-0.3, -0.25) is 4.99 Å². The molecule has 28 heavy (non-hydrogen) atoms. The van der Waals surface area contributed by atoms with Crippen LogP contribution in [0.3, 0.4) is 0 Å².